The van der Waals surface area contributed by atoms with Crippen LogP contribution in [-0.2, 0) is 11.4 Å². The van der Waals surface area contributed by atoms with Gasteiger partial charge in [-0.15, -0.1) is 10.2 Å². The second kappa shape index (κ2) is 10.9. The van der Waals surface area contributed by atoms with Crippen LogP contribution in [0.5, 0.6) is 5.75 Å². The van der Waals surface area contributed by atoms with Crippen LogP contribution in [0.2, 0.25) is 0 Å². The molecule has 0 fully saturated rings. The van der Waals surface area contributed by atoms with Crippen LogP contribution in [0.25, 0.3) is 0 Å². The van der Waals surface area contributed by atoms with E-state index in [9.17, 15) is 4.79 Å². The number of aromatic nitrogens is 3. The number of carbonyl (C=O) groups excluding carboxylic acids is 1. The summed E-state index contributed by atoms with van der Waals surface area (Å²) >= 11 is 1.24. The Labute approximate surface area is 203 Å². The number of nitrogens with one attached hydrogen (secondary N) is 1. The highest BCUT2D eigenvalue weighted by Gasteiger charge is 2.25. The number of nitrogen functional groups attached to an aromatic ring is 1. The average molecular weight is 474 g/mol. The van der Waals surface area contributed by atoms with Crippen LogP contribution in [-0.4, -0.2) is 20.8 Å². The van der Waals surface area contributed by atoms with Crippen molar-refractivity contribution in [2.24, 2.45) is 0 Å². The van der Waals surface area contributed by atoms with Gasteiger partial charge >= 0.3 is 0 Å². The second-order valence-corrected chi connectivity index (χ2v) is 9.12. The predicted octanol–water partition coefficient (Wildman–Crippen LogP) is 5.17. The minimum Gasteiger partial charge on any atom is -0.486 e. The lowest BCUT2D eigenvalue weighted by atomic mass is 10.0. The maximum absolute atomic E-state index is 13.2. The van der Waals surface area contributed by atoms with E-state index in [-0.39, 0.29) is 12.5 Å². The Kier molecular flexibility index (Phi) is 7.49. The van der Waals surface area contributed by atoms with Crippen molar-refractivity contribution < 1.29 is 9.53 Å². The van der Waals surface area contributed by atoms with E-state index >= 15 is 0 Å². The molecule has 4 rings (SSSR count). The lowest BCUT2D eigenvalue weighted by Crippen LogP contribution is -2.21. The molecule has 0 spiro atoms. The van der Waals surface area contributed by atoms with Crippen molar-refractivity contribution in [1.29, 1.82) is 0 Å². The minimum absolute atomic E-state index is 0.164. The van der Waals surface area contributed by atoms with Crippen molar-refractivity contribution >= 4 is 23.4 Å². The van der Waals surface area contributed by atoms with Gasteiger partial charge in [0.05, 0.1) is 0 Å². The van der Waals surface area contributed by atoms with E-state index < -0.39 is 5.25 Å². The summed E-state index contributed by atoms with van der Waals surface area (Å²) in [7, 11) is 0. The van der Waals surface area contributed by atoms with E-state index in [4.69, 9.17) is 10.6 Å². The highest BCUT2D eigenvalue weighted by Crippen LogP contribution is 2.35. The zero-order chi connectivity index (χ0) is 23.9. The molecule has 0 aliphatic heterocycles. The van der Waals surface area contributed by atoms with Gasteiger partial charge in [-0.05, 0) is 41.3 Å². The number of anilines is 1. The van der Waals surface area contributed by atoms with Crippen molar-refractivity contribution in [3.8, 4) is 5.75 Å². The van der Waals surface area contributed by atoms with Crippen LogP contribution < -0.4 is 15.9 Å². The Balaban J connectivity index is 1.48. The van der Waals surface area contributed by atoms with E-state index in [0.29, 0.717) is 16.9 Å². The Bertz CT molecular complexity index is 1210. The maximum atomic E-state index is 13.2. The number of hydrogen-bond donors (Lipinski definition) is 2. The Hall–Kier alpha value is -3.78. The normalized spacial score (nSPS) is 11.9. The van der Waals surface area contributed by atoms with Crippen LogP contribution in [0.3, 0.4) is 0 Å². The van der Waals surface area contributed by atoms with Crippen LogP contribution in [0.15, 0.2) is 90.1 Å². The van der Waals surface area contributed by atoms with Gasteiger partial charge in [0.25, 0.3) is 0 Å². The quantitative estimate of drug-likeness (QED) is 0.257. The molecule has 3 aromatic carbocycles. The van der Waals surface area contributed by atoms with Crippen molar-refractivity contribution in [3.05, 3.63) is 102 Å². The summed E-state index contributed by atoms with van der Waals surface area (Å²) in [5, 5.41) is 11.2. The van der Waals surface area contributed by atoms with Crippen molar-refractivity contribution in [1.82, 2.24) is 14.9 Å². The van der Waals surface area contributed by atoms with E-state index in [0.717, 1.165) is 17.0 Å². The molecule has 1 aromatic heterocycles. The standard InChI is InChI=1S/C26H27N5O2S/c1-18(2)19-13-15-22(16-14-19)33-17-23-29-30-26(31(23)27)34-24(20-9-5-3-6-10-20)25(32)28-21-11-7-4-8-12-21/h3-16,18,24H,17,27H2,1-2H3,(H,28,32)/t24-/m1/s1. The summed E-state index contributed by atoms with van der Waals surface area (Å²) in [6.07, 6.45) is 0. The summed E-state index contributed by atoms with van der Waals surface area (Å²) in [4.78, 5) is 13.2. The van der Waals surface area contributed by atoms with Gasteiger partial charge in [-0.1, -0.05) is 86.3 Å². The van der Waals surface area contributed by atoms with Gasteiger partial charge in [0.2, 0.25) is 11.1 Å². The van der Waals surface area contributed by atoms with Crippen LogP contribution in [0, 0.1) is 0 Å². The number of carbonyl (C=O) groups is 1. The van der Waals surface area contributed by atoms with Crippen molar-refractivity contribution in [2.45, 2.75) is 36.8 Å². The molecule has 1 atom stereocenters. The maximum Gasteiger partial charge on any atom is 0.242 e. The summed E-state index contributed by atoms with van der Waals surface area (Å²) in [5.74, 6) is 7.74. The zero-order valence-electron chi connectivity index (χ0n) is 19.1. The third-order valence-electron chi connectivity index (χ3n) is 5.25. The molecule has 7 nitrogen and oxygen atoms in total. The fourth-order valence-corrected chi connectivity index (χ4v) is 4.30. The van der Waals surface area contributed by atoms with Crippen molar-refractivity contribution in [2.75, 3.05) is 11.2 Å². The summed E-state index contributed by atoms with van der Waals surface area (Å²) in [5.41, 5.74) is 2.81. The topological polar surface area (TPSA) is 95.1 Å². The molecule has 3 N–H and O–H groups in total. The third-order valence-corrected chi connectivity index (χ3v) is 6.47. The summed E-state index contributed by atoms with van der Waals surface area (Å²) in [6.45, 7) is 4.46. The number of para-hydroxylation sites is 1. The van der Waals surface area contributed by atoms with Crippen LogP contribution in [0.4, 0.5) is 5.69 Å². The molecule has 0 bridgehead atoms. The van der Waals surface area contributed by atoms with E-state index in [1.54, 1.807) is 0 Å². The second-order valence-electron chi connectivity index (χ2n) is 8.05. The molecule has 0 aliphatic rings. The van der Waals surface area contributed by atoms with Gasteiger partial charge in [-0.3, -0.25) is 4.79 Å². The zero-order valence-corrected chi connectivity index (χ0v) is 19.9. The van der Waals surface area contributed by atoms with E-state index in [1.165, 1.54) is 22.0 Å². The monoisotopic (exact) mass is 473 g/mol. The first kappa shape index (κ1) is 23.4. The molecule has 174 valence electrons. The smallest absolute Gasteiger partial charge is 0.242 e. The molecule has 1 amide bonds. The number of hydrogen-bond acceptors (Lipinski definition) is 6. The number of benzene rings is 3. The number of nitrogens with zero attached hydrogens (tertiary/aromatic N) is 3. The number of thioether (sulfide) groups is 1. The van der Waals surface area contributed by atoms with Gasteiger partial charge in [-0.2, -0.15) is 0 Å². The Morgan fingerprint density at radius 1 is 0.941 bits per heavy atom. The third kappa shape index (κ3) is 5.77. The molecule has 8 heteroatoms. The lowest BCUT2D eigenvalue weighted by molar-refractivity contribution is -0.115. The van der Waals surface area contributed by atoms with Crippen molar-refractivity contribution in [3.63, 3.8) is 0 Å². The number of nitrogens with two attached hydrogens (primary N) is 1. The van der Waals surface area contributed by atoms with Gasteiger partial charge in [0, 0.05) is 5.69 Å². The SMILES string of the molecule is CC(C)c1ccc(OCc2nnc(S[C@@H](C(=O)Nc3ccccc3)c3ccccc3)n2N)cc1. The van der Waals surface area contributed by atoms with E-state index in [1.807, 2.05) is 84.9 Å². The summed E-state index contributed by atoms with van der Waals surface area (Å²) < 4.78 is 7.22. The first-order valence-electron chi connectivity index (χ1n) is 11.0. The first-order chi connectivity index (χ1) is 16.5. The molecule has 0 saturated carbocycles. The van der Waals surface area contributed by atoms with Gasteiger partial charge < -0.3 is 15.9 Å². The highest BCUT2D eigenvalue weighted by atomic mass is 32.2. The molecular weight excluding hydrogens is 446 g/mol. The lowest BCUT2D eigenvalue weighted by Gasteiger charge is -2.16. The van der Waals surface area contributed by atoms with Crippen LogP contribution in [0.1, 0.15) is 42.0 Å². The number of ether oxygens (including phenoxy) is 1. The number of rotatable bonds is 9. The van der Waals surface area contributed by atoms with E-state index in [2.05, 4.69) is 29.4 Å². The molecule has 4 aromatic rings. The number of amides is 1. The molecule has 34 heavy (non-hydrogen) atoms. The minimum atomic E-state index is -0.565. The molecule has 1 heterocycles. The Morgan fingerprint density at radius 2 is 1.59 bits per heavy atom. The summed E-state index contributed by atoms with van der Waals surface area (Å²) in [6, 6.07) is 26.8. The Morgan fingerprint density at radius 3 is 2.24 bits per heavy atom. The molecule has 0 radical (unpaired) electrons. The average Bonchev–Trinajstić information content (AvgIpc) is 3.21. The fourth-order valence-electron chi connectivity index (χ4n) is 3.32. The predicted molar refractivity (Wildman–Crippen MR) is 135 cm³/mol. The molecular formula is C26H27N5O2S. The fraction of sp³-hybridized carbons (Fsp3) is 0.192. The molecule has 0 saturated heterocycles. The largest absolute Gasteiger partial charge is 0.486 e. The first-order valence-corrected chi connectivity index (χ1v) is 11.9. The van der Waals surface area contributed by atoms with Gasteiger partial charge in [0.15, 0.2) is 5.82 Å². The van der Waals surface area contributed by atoms with Crippen LogP contribution >= 0.6 is 11.8 Å². The molecule has 0 unspecified atom stereocenters. The highest BCUT2D eigenvalue weighted by molar-refractivity contribution is 8.00. The molecule has 0 aliphatic carbocycles. The van der Waals surface area contributed by atoms with Gasteiger partial charge in [-0.25, -0.2) is 4.68 Å². The van der Waals surface area contributed by atoms with Gasteiger partial charge in [0.1, 0.15) is 17.6 Å².